The number of amides is 1. The van der Waals surface area contributed by atoms with E-state index in [-0.39, 0.29) is 27.5 Å². The summed E-state index contributed by atoms with van der Waals surface area (Å²) in [6.07, 6.45) is -1.30. The van der Waals surface area contributed by atoms with E-state index in [1.165, 1.54) is 38.4 Å². The zero-order chi connectivity index (χ0) is 21.2. The zero-order valence-electron chi connectivity index (χ0n) is 15.4. The molecule has 0 fully saturated rings. The van der Waals surface area contributed by atoms with Crippen molar-refractivity contribution >= 4 is 33.5 Å². The van der Waals surface area contributed by atoms with Crippen molar-refractivity contribution in [3.8, 4) is 0 Å². The highest BCUT2D eigenvalue weighted by Gasteiger charge is 2.40. The number of hydrogen-bond donors (Lipinski definition) is 2. The molecule has 2 heterocycles. The van der Waals surface area contributed by atoms with Crippen molar-refractivity contribution in [3.63, 3.8) is 0 Å². The molecule has 0 aliphatic carbocycles. The quantitative estimate of drug-likeness (QED) is 0.555. The van der Waals surface area contributed by atoms with Crippen LogP contribution in [0.3, 0.4) is 0 Å². The summed E-state index contributed by atoms with van der Waals surface area (Å²) in [5, 5.41) is 11.2. The molecule has 1 amide bonds. The Labute approximate surface area is 166 Å². The fraction of sp³-hybridized carbons (Fsp3) is 0.167. The van der Waals surface area contributed by atoms with Crippen molar-refractivity contribution in [3.05, 3.63) is 59.9 Å². The van der Waals surface area contributed by atoms with Crippen molar-refractivity contribution in [2.24, 2.45) is 0 Å². The largest absolute Gasteiger partial charge is 0.537 e. The molecule has 3 rings (SSSR count). The Morgan fingerprint density at radius 2 is 1.86 bits per heavy atom. The van der Waals surface area contributed by atoms with Crippen LogP contribution in [-0.2, 0) is 24.6 Å². The molecule has 1 aromatic carbocycles. The molecule has 1 aliphatic rings. The van der Waals surface area contributed by atoms with Crippen LogP contribution in [0, 0.1) is 0 Å². The molecule has 1 aromatic heterocycles. The molecular weight excluding hydrogens is 402 g/mol. The van der Waals surface area contributed by atoms with Gasteiger partial charge in [-0.05, 0) is 25.1 Å². The van der Waals surface area contributed by atoms with Gasteiger partial charge in [0.2, 0.25) is 0 Å². The predicted molar refractivity (Wildman–Crippen MR) is 101 cm³/mol. The molecule has 1 aliphatic heterocycles. The predicted octanol–water partition coefficient (Wildman–Crippen LogP) is 2.08. The van der Waals surface area contributed by atoms with Gasteiger partial charge in [0.15, 0.2) is 0 Å². The molecule has 29 heavy (non-hydrogen) atoms. The fourth-order valence-electron chi connectivity index (χ4n) is 2.93. The molecular formula is C18H17N3O7S. The minimum Gasteiger partial charge on any atom is -0.448 e. The van der Waals surface area contributed by atoms with Gasteiger partial charge in [-0.1, -0.05) is 24.3 Å². The SMILES string of the molecule is CC(OOC(=O)O)C1=C(C(=O)Nc2ccccn2)N(C)S(=O)(=O)c2ccccc21. The summed E-state index contributed by atoms with van der Waals surface area (Å²) >= 11 is 0. The van der Waals surface area contributed by atoms with E-state index < -0.39 is 28.2 Å². The number of pyridine rings is 1. The van der Waals surface area contributed by atoms with Gasteiger partial charge >= 0.3 is 6.16 Å². The van der Waals surface area contributed by atoms with Crippen LogP contribution in [0.25, 0.3) is 5.57 Å². The number of sulfonamides is 1. The summed E-state index contributed by atoms with van der Waals surface area (Å²) in [7, 11) is -2.80. The molecule has 1 atom stereocenters. The van der Waals surface area contributed by atoms with Crippen LogP contribution in [0.15, 0.2) is 59.3 Å². The van der Waals surface area contributed by atoms with Crippen LogP contribution in [0.4, 0.5) is 10.6 Å². The number of nitrogens with zero attached hydrogens (tertiary/aromatic N) is 2. The molecule has 2 aromatic rings. The molecule has 0 saturated carbocycles. The maximum atomic E-state index is 13.0. The van der Waals surface area contributed by atoms with Gasteiger partial charge in [0.25, 0.3) is 15.9 Å². The molecule has 0 bridgehead atoms. The van der Waals surface area contributed by atoms with Gasteiger partial charge < -0.3 is 10.4 Å². The summed E-state index contributed by atoms with van der Waals surface area (Å²) in [6.45, 7) is 1.44. The number of carboxylic acid groups (broad SMARTS) is 1. The van der Waals surface area contributed by atoms with E-state index in [2.05, 4.69) is 15.2 Å². The number of carbonyl (C=O) groups excluding carboxylic acids is 1. The Morgan fingerprint density at radius 1 is 1.17 bits per heavy atom. The first-order valence-corrected chi connectivity index (χ1v) is 9.78. The highest BCUT2D eigenvalue weighted by atomic mass is 32.2. The topological polar surface area (TPSA) is 135 Å². The number of aromatic nitrogens is 1. The van der Waals surface area contributed by atoms with Crippen molar-refractivity contribution < 1.29 is 32.9 Å². The second-order valence-corrected chi connectivity index (χ2v) is 7.93. The number of carbonyl (C=O) groups is 2. The maximum absolute atomic E-state index is 13.0. The van der Waals surface area contributed by atoms with E-state index in [1.54, 1.807) is 24.3 Å². The monoisotopic (exact) mass is 419 g/mol. The zero-order valence-corrected chi connectivity index (χ0v) is 16.2. The molecule has 152 valence electrons. The fourth-order valence-corrected chi connectivity index (χ4v) is 4.35. The second-order valence-electron chi connectivity index (χ2n) is 5.99. The van der Waals surface area contributed by atoms with E-state index >= 15 is 0 Å². The number of rotatable bonds is 5. The number of nitrogens with one attached hydrogen (secondary N) is 1. The van der Waals surface area contributed by atoms with Crippen LogP contribution >= 0.6 is 0 Å². The number of hydrogen-bond acceptors (Lipinski definition) is 7. The first kappa shape index (κ1) is 20.3. The summed E-state index contributed by atoms with van der Waals surface area (Å²) in [4.78, 5) is 36.7. The van der Waals surface area contributed by atoms with Gasteiger partial charge in [-0.2, -0.15) is 4.89 Å². The van der Waals surface area contributed by atoms with E-state index in [0.717, 1.165) is 4.31 Å². The number of likely N-dealkylation sites (N-methyl/N-ethyl adjacent to an activating group) is 1. The summed E-state index contributed by atoms with van der Waals surface area (Å²) in [5.41, 5.74) is 0.113. The van der Waals surface area contributed by atoms with Gasteiger partial charge in [0.05, 0.1) is 4.90 Å². The molecule has 1 unspecified atom stereocenters. The third-order valence-electron chi connectivity index (χ3n) is 4.18. The lowest BCUT2D eigenvalue weighted by Gasteiger charge is -2.32. The summed E-state index contributed by atoms with van der Waals surface area (Å²) < 4.78 is 26.7. The molecule has 0 spiro atoms. The lowest BCUT2D eigenvalue weighted by atomic mass is 9.98. The van der Waals surface area contributed by atoms with Crippen LogP contribution in [0.2, 0.25) is 0 Å². The Hall–Kier alpha value is -3.44. The van der Waals surface area contributed by atoms with Crippen molar-refractivity contribution in [2.45, 2.75) is 17.9 Å². The smallest absolute Gasteiger partial charge is 0.448 e. The van der Waals surface area contributed by atoms with Crippen LogP contribution < -0.4 is 5.32 Å². The Morgan fingerprint density at radius 3 is 2.52 bits per heavy atom. The van der Waals surface area contributed by atoms with Gasteiger partial charge in [-0.3, -0.25) is 14.0 Å². The maximum Gasteiger partial charge on any atom is 0.537 e. The second kappa shape index (κ2) is 7.89. The first-order chi connectivity index (χ1) is 13.7. The summed E-state index contributed by atoms with van der Waals surface area (Å²) in [5.74, 6) is -0.547. The van der Waals surface area contributed by atoms with Gasteiger partial charge in [-0.15, -0.1) is 0 Å². The number of fused-ring (bicyclic) bond motifs is 1. The highest BCUT2D eigenvalue weighted by Crippen LogP contribution is 2.38. The standard InChI is InChI=1S/C18H17N3O7S/c1-11(27-28-18(23)24)15-12-7-3-4-8-13(12)29(25,26)21(2)16(15)17(22)20-14-9-5-6-10-19-14/h3-11H,1-2H3,(H,23,24)(H,19,20,22). The lowest BCUT2D eigenvalue weighted by molar-refractivity contribution is -0.265. The number of anilines is 1. The van der Waals surface area contributed by atoms with Crippen molar-refractivity contribution in [1.82, 2.24) is 9.29 Å². The molecule has 10 nitrogen and oxygen atoms in total. The van der Waals surface area contributed by atoms with Crippen LogP contribution in [-0.4, -0.2) is 48.0 Å². The van der Waals surface area contributed by atoms with Crippen molar-refractivity contribution in [2.75, 3.05) is 12.4 Å². The highest BCUT2D eigenvalue weighted by molar-refractivity contribution is 7.89. The normalized spacial score (nSPS) is 16.0. The van der Waals surface area contributed by atoms with E-state index in [1.807, 2.05) is 0 Å². The minimum atomic E-state index is -4.02. The van der Waals surface area contributed by atoms with E-state index in [4.69, 9.17) is 9.99 Å². The molecule has 0 radical (unpaired) electrons. The third-order valence-corrected chi connectivity index (χ3v) is 5.99. The average Bonchev–Trinajstić information content (AvgIpc) is 2.69. The Bertz CT molecular complexity index is 1080. The Balaban J connectivity index is 2.16. The van der Waals surface area contributed by atoms with E-state index in [0.29, 0.717) is 0 Å². The van der Waals surface area contributed by atoms with Gasteiger partial charge in [0, 0.05) is 24.4 Å². The van der Waals surface area contributed by atoms with Crippen molar-refractivity contribution in [1.29, 1.82) is 0 Å². The van der Waals surface area contributed by atoms with Gasteiger partial charge in [0.1, 0.15) is 17.6 Å². The average molecular weight is 419 g/mol. The summed E-state index contributed by atoms with van der Waals surface area (Å²) in [6, 6.07) is 10.9. The van der Waals surface area contributed by atoms with Crippen LogP contribution in [0.5, 0.6) is 0 Å². The lowest BCUT2D eigenvalue weighted by Crippen LogP contribution is -2.39. The minimum absolute atomic E-state index is 0.0438. The Kier molecular flexibility index (Phi) is 5.52. The molecule has 0 saturated heterocycles. The molecule has 11 heteroatoms. The number of benzene rings is 1. The van der Waals surface area contributed by atoms with Gasteiger partial charge in [-0.25, -0.2) is 18.2 Å². The third kappa shape index (κ3) is 3.91. The van der Waals surface area contributed by atoms with Crippen LogP contribution in [0.1, 0.15) is 12.5 Å². The first-order valence-electron chi connectivity index (χ1n) is 8.34. The molecule has 2 N–H and O–H groups in total. The van der Waals surface area contributed by atoms with E-state index in [9.17, 15) is 18.0 Å².